The first-order chi connectivity index (χ1) is 13.2. The number of ether oxygens (including phenoxy) is 1. The summed E-state index contributed by atoms with van der Waals surface area (Å²) in [5.74, 6) is 0.316. The lowest BCUT2D eigenvalue weighted by Crippen LogP contribution is -2.41. The molecule has 1 aromatic heterocycles. The summed E-state index contributed by atoms with van der Waals surface area (Å²) in [4.78, 5) is 17.8. The molecule has 29 heavy (non-hydrogen) atoms. The maximum atomic E-state index is 13.2. The summed E-state index contributed by atoms with van der Waals surface area (Å²) < 4.78 is 46.7. The van der Waals surface area contributed by atoms with Crippen molar-refractivity contribution in [1.29, 1.82) is 0 Å². The number of carbonyl (C=O) groups is 1. The topological polar surface area (TPSA) is 59.4 Å². The van der Waals surface area contributed by atoms with Crippen LogP contribution >= 0.6 is 0 Å². The minimum atomic E-state index is -4.48. The highest BCUT2D eigenvalue weighted by atomic mass is 19.4. The lowest BCUT2D eigenvalue weighted by Gasteiger charge is -2.33. The summed E-state index contributed by atoms with van der Waals surface area (Å²) in [7, 11) is 0. The monoisotopic (exact) mass is 418 g/mol. The molecule has 9 heteroatoms. The highest BCUT2D eigenvalue weighted by Gasteiger charge is 2.37. The summed E-state index contributed by atoms with van der Waals surface area (Å²) in [6, 6.07) is 0. The van der Waals surface area contributed by atoms with Crippen LogP contribution in [0.4, 0.5) is 18.0 Å². The Morgan fingerprint density at radius 3 is 2.24 bits per heavy atom. The molecule has 1 saturated heterocycles. The van der Waals surface area contributed by atoms with E-state index in [0.29, 0.717) is 44.8 Å². The van der Waals surface area contributed by atoms with Crippen molar-refractivity contribution < 1.29 is 22.7 Å². The van der Waals surface area contributed by atoms with E-state index in [4.69, 9.17) is 4.74 Å². The van der Waals surface area contributed by atoms with Gasteiger partial charge in [0.1, 0.15) is 11.4 Å². The van der Waals surface area contributed by atoms with Crippen LogP contribution in [0, 0.1) is 0 Å². The van der Waals surface area contributed by atoms with Gasteiger partial charge >= 0.3 is 12.3 Å². The maximum absolute atomic E-state index is 13.2. The van der Waals surface area contributed by atoms with Gasteiger partial charge in [0.2, 0.25) is 0 Å². The molecule has 1 amide bonds. The van der Waals surface area contributed by atoms with Gasteiger partial charge in [0, 0.05) is 43.8 Å². The Labute approximate surface area is 170 Å². The number of hydrogen-bond acceptors (Lipinski definition) is 4. The van der Waals surface area contributed by atoms with Gasteiger partial charge in [0.25, 0.3) is 0 Å². The summed E-state index contributed by atoms with van der Waals surface area (Å²) in [6.07, 6.45) is -2.65. The fourth-order valence-electron chi connectivity index (χ4n) is 3.27. The Morgan fingerprint density at radius 2 is 1.76 bits per heavy atom. The van der Waals surface area contributed by atoms with Crippen LogP contribution in [-0.4, -0.2) is 51.3 Å². The molecule has 2 rings (SSSR count). The SMILES string of the molecule is CC(C)(C)NCCn1cc(C(F)(F)F)nc1C1CCN(C(=O)OC(C)(C)C)CC1. The van der Waals surface area contributed by atoms with E-state index in [0.717, 1.165) is 6.20 Å². The van der Waals surface area contributed by atoms with Crippen molar-refractivity contribution in [3.63, 3.8) is 0 Å². The third-order valence-electron chi connectivity index (χ3n) is 4.62. The van der Waals surface area contributed by atoms with Gasteiger partial charge in [0.15, 0.2) is 5.69 Å². The molecule has 1 fully saturated rings. The normalized spacial score (nSPS) is 16.9. The van der Waals surface area contributed by atoms with Gasteiger partial charge in [-0.25, -0.2) is 9.78 Å². The van der Waals surface area contributed by atoms with Crippen LogP contribution in [0.3, 0.4) is 0 Å². The fourth-order valence-corrected chi connectivity index (χ4v) is 3.27. The van der Waals surface area contributed by atoms with Gasteiger partial charge in [-0.1, -0.05) is 0 Å². The van der Waals surface area contributed by atoms with Crippen molar-refractivity contribution in [2.24, 2.45) is 0 Å². The molecule has 1 N–H and O–H groups in total. The Kier molecular flexibility index (Phi) is 6.92. The molecular weight excluding hydrogens is 385 g/mol. The second-order valence-corrected chi connectivity index (χ2v) is 9.59. The van der Waals surface area contributed by atoms with Crippen LogP contribution in [-0.2, 0) is 17.5 Å². The summed E-state index contributed by atoms with van der Waals surface area (Å²) in [5, 5.41) is 3.29. The number of halogens is 3. The lowest BCUT2D eigenvalue weighted by molar-refractivity contribution is -0.141. The number of carbonyl (C=O) groups excluding carboxylic acids is 1. The number of hydrogen-bond donors (Lipinski definition) is 1. The molecule has 1 aliphatic heterocycles. The van der Waals surface area contributed by atoms with E-state index in [-0.39, 0.29) is 17.6 Å². The quantitative estimate of drug-likeness (QED) is 0.787. The van der Waals surface area contributed by atoms with Crippen molar-refractivity contribution in [2.45, 2.75) is 84.2 Å². The molecule has 0 bridgehead atoms. The van der Waals surface area contributed by atoms with Crippen molar-refractivity contribution in [1.82, 2.24) is 19.8 Å². The van der Waals surface area contributed by atoms with Crippen molar-refractivity contribution in [3.05, 3.63) is 17.7 Å². The van der Waals surface area contributed by atoms with Crippen LogP contribution in [0.2, 0.25) is 0 Å². The lowest BCUT2D eigenvalue weighted by atomic mass is 9.96. The third kappa shape index (κ3) is 7.21. The first-order valence-corrected chi connectivity index (χ1v) is 10.0. The second kappa shape index (κ2) is 8.53. The van der Waals surface area contributed by atoms with E-state index >= 15 is 0 Å². The molecule has 0 atom stereocenters. The van der Waals surface area contributed by atoms with E-state index in [1.54, 1.807) is 30.2 Å². The van der Waals surface area contributed by atoms with E-state index in [9.17, 15) is 18.0 Å². The zero-order chi connectivity index (χ0) is 22.0. The molecule has 6 nitrogen and oxygen atoms in total. The van der Waals surface area contributed by atoms with Crippen LogP contribution in [0.15, 0.2) is 6.20 Å². The molecule has 1 aliphatic rings. The molecule has 0 aliphatic carbocycles. The molecule has 0 radical (unpaired) electrons. The fraction of sp³-hybridized carbons (Fsp3) is 0.800. The summed E-state index contributed by atoms with van der Waals surface area (Å²) in [5.41, 5.74) is -1.56. The average Bonchev–Trinajstić information content (AvgIpc) is 2.96. The highest BCUT2D eigenvalue weighted by molar-refractivity contribution is 5.68. The molecule has 0 unspecified atom stereocenters. The number of amides is 1. The first-order valence-electron chi connectivity index (χ1n) is 10.0. The summed E-state index contributed by atoms with van der Waals surface area (Å²) in [6.45, 7) is 13.3. The third-order valence-corrected chi connectivity index (χ3v) is 4.62. The number of likely N-dealkylation sites (tertiary alicyclic amines) is 1. The van der Waals surface area contributed by atoms with Crippen LogP contribution in [0.1, 0.15) is 71.8 Å². The number of piperidine rings is 1. The van der Waals surface area contributed by atoms with E-state index in [2.05, 4.69) is 10.3 Å². The molecule has 166 valence electrons. The van der Waals surface area contributed by atoms with Gasteiger partial charge < -0.3 is 19.5 Å². The predicted molar refractivity (Wildman–Crippen MR) is 105 cm³/mol. The molecule has 0 aromatic carbocycles. The standard InChI is InChI=1S/C20H33F3N4O2/c1-18(2,3)24-9-12-27-13-15(20(21,22)23)25-16(27)14-7-10-26(11-8-14)17(28)29-19(4,5)6/h13-14,24H,7-12H2,1-6H3. The summed E-state index contributed by atoms with van der Waals surface area (Å²) >= 11 is 0. The van der Waals surface area contributed by atoms with E-state index in [1.807, 2.05) is 20.8 Å². The van der Waals surface area contributed by atoms with Gasteiger partial charge in [-0.3, -0.25) is 0 Å². The first kappa shape index (κ1) is 23.5. The number of imidazole rings is 1. The maximum Gasteiger partial charge on any atom is 0.434 e. The number of aromatic nitrogens is 2. The zero-order valence-electron chi connectivity index (χ0n) is 18.2. The smallest absolute Gasteiger partial charge is 0.434 e. The van der Waals surface area contributed by atoms with E-state index < -0.39 is 17.5 Å². The van der Waals surface area contributed by atoms with Crippen LogP contribution in [0.25, 0.3) is 0 Å². The number of alkyl halides is 3. The van der Waals surface area contributed by atoms with Gasteiger partial charge in [-0.05, 0) is 54.4 Å². The predicted octanol–water partition coefficient (Wildman–Crippen LogP) is 4.40. The molecule has 0 spiro atoms. The number of nitrogens with one attached hydrogen (secondary N) is 1. The second-order valence-electron chi connectivity index (χ2n) is 9.59. The van der Waals surface area contributed by atoms with Crippen molar-refractivity contribution in [2.75, 3.05) is 19.6 Å². The van der Waals surface area contributed by atoms with Gasteiger partial charge in [0.05, 0.1) is 0 Å². The van der Waals surface area contributed by atoms with Gasteiger partial charge in [-0.15, -0.1) is 0 Å². The van der Waals surface area contributed by atoms with Crippen molar-refractivity contribution in [3.8, 4) is 0 Å². The molecule has 1 aromatic rings. The van der Waals surface area contributed by atoms with Crippen molar-refractivity contribution >= 4 is 6.09 Å². The van der Waals surface area contributed by atoms with Gasteiger partial charge in [-0.2, -0.15) is 13.2 Å². The number of rotatable bonds is 4. The minimum Gasteiger partial charge on any atom is -0.444 e. The molecule has 0 saturated carbocycles. The Bertz CT molecular complexity index is 694. The average molecular weight is 419 g/mol. The zero-order valence-corrected chi connectivity index (χ0v) is 18.2. The number of nitrogens with zero attached hydrogens (tertiary/aromatic N) is 3. The van der Waals surface area contributed by atoms with Crippen LogP contribution in [0.5, 0.6) is 0 Å². The van der Waals surface area contributed by atoms with E-state index in [1.165, 1.54) is 0 Å². The Balaban J connectivity index is 2.09. The molecule has 2 heterocycles. The highest BCUT2D eigenvalue weighted by Crippen LogP contribution is 2.33. The Morgan fingerprint density at radius 1 is 1.17 bits per heavy atom. The van der Waals surface area contributed by atoms with Crippen LogP contribution < -0.4 is 5.32 Å². The largest absolute Gasteiger partial charge is 0.444 e. The molecular formula is C20H33F3N4O2. The Hall–Kier alpha value is -1.77. The minimum absolute atomic E-state index is 0.119.